The molecule has 0 aliphatic heterocycles. The van der Waals surface area contributed by atoms with Crippen LogP contribution in [-0.4, -0.2) is 24.5 Å². The van der Waals surface area contributed by atoms with E-state index in [0.29, 0.717) is 11.6 Å². The van der Waals surface area contributed by atoms with E-state index in [2.05, 4.69) is 15.3 Å². The molecular formula is C24H19FN6. The van der Waals surface area contributed by atoms with Gasteiger partial charge in [0.05, 0.1) is 5.52 Å². The van der Waals surface area contributed by atoms with Gasteiger partial charge in [-0.2, -0.15) is 0 Å². The summed E-state index contributed by atoms with van der Waals surface area (Å²) in [5.74, 6) is 1.78. The van der Waals surface area contributed by atoms with Crippen LogP contribution in [0.25, 0.3) is 22.3 Å². The minimum Gasteiger partial charge on any atom is -0.356 e. The summed E-state index contributed by atoms with van der Waals surface area (Å²) < 4.78 is 15.5. The smallest absolute Gasteiger partial charge is 0.162 e. The number of fused-ring (bicyclic) bond motifs is 1. The summed E-state index contributed by atoms with van der Waals surface area (Å²) in [5.41, 5.74) is 2.58. The van der Waals surface area contributed by atoms with Gasteiger partial charge in [-0.3, -0.25) is 4.98 Å². The van der Waals surface area contributed by atoms with E-state index in [1.807, 2.05) is 54.2 Å². The third-order valence-electron chi connectivity index (χ3n) is 5.14. The summed E-state index contributed by atoms with van der Waals surface area (Å²) in [5, 5.41) is 4.43. The third-order valence-corrected chi connectivity index (χ3v) is 5.14. The maximum atomic E-state index is 13.6. The zero-order chi connectivity index (χ0) is 21.2. The average Bonchev–Trinajstić information content (AvgIpc) is 3.24. The van der Waals surface area contributed by atoms with Crippen molar-refractivity contribution in [2.75, 3.05) is 5.32 Å². The molecule has 152 valence electrons. The molecule has 0 bridgehead atoms. The molecule has 0 radical (unpaired) electrons. The molecule has 0 fully saturated rings. The van der Waals surface area contributed by atoms with Crippen molar-refractivity contribution >= 4 is 16.7 Å². The van der Waals surface area contributed by atoms with Crippen LogP contribution in [0.15, 0.2) is 85.5 Å². The predicted octanol–water partition coefficient (Wildman–Crippen LogP) is 4.77. The lowest BCUT2D eigenvalue weighted by Gasteiger charge is -2.21. The van der Waals surface area contributed by atoms with E-state index in [9.17, 15) is 4.39 Å². The van der Waals surface area contributed by atoms with Gasteiger partial charge in [0.1, 0.15) is 23.5 Å². The second-order valence-electron chi connectivity index (χ2n) is 7.17. The highest BCUT2D eigenvalue weighted by Gasteiger charge is 2.21. The first-order chi connectivity index (χ1) is 15.2. The molecule has 1 N–H and O–H groups in total. The number of para-hydroxylation sites is 1. The van der Waals surface area contributed by atoms with Gasteiger partial charge < -0.3 is 9.88 Å². The number of benzene rings is 2. The van der Waals surface area contributed by atoms with Crippen LogP contribution in [0.4, 0.5) is 10.2 Å². The van der Waals surface area contributed by atoms with E-state index in [-0.39, 0.29) is 11.9 Å². The number of pyridine rings is 1. The fourth-order valence-corrected chi connectivity index (χ4v) is 3.56. The van der Waals surface area contributed by atoms with Crippen molar-refractivity contribution in [2.24, 2.45) is 7.05 Å². The summed E-state index contributed by atoms with van der Waals surface area (Å²) in [6, 6.07) is 17.7. The Labute approximate surface area is 178 Å². The lowest BCUT2D eigenvalue weighted by molar-refractivity contribution is 0.626. The fraction of sp³-hybridized carbons (Fsp3) is 0.0833. The molecule has 5 rings (SSSR count). The van der Waals surface area contributed by atoms with E-state index in [4.69, 9.17) is 9.97 Å². The van der Waals surface area contributed by atoms with Crippen molar-refractivity contribution in [1.82, 2.24) is 24.5 Å². The van der Waals surface area contributed by atoms with Gasteiger partial charge in [0.25, 0.3) is 0 Å². The van der Waals surface area contributed by atoms with Crippen molar-refractivity contribution in [1.29, 1.82) is 0 Å². The van der Waals surface area contributed by atoms with E-state index >= 15 is 0 Å². The molecule has 1 atom stereocenters. The number of aryl methyl sites for hydroxylation is 1. The number of rotatable bonds is 5. The van der Waals surface area contributed by atoms with Crippen LogP contribution >= 0.6 is 0 Å². The van der Waals surface area contributed by atoms with Crippen LogP contribution < -0.4 is 5.32 Å². The van der Waals surface area contributed by atoms with Crippen molar-refractivity contribution in [2.45, 2.75) is 6.04 Å². The molecule has 0 spiro atoms. The second kappa shape index (κ2) is 7.95. The SMILES string of the molecule is Cn1ccnc1C(Nc1nc(-c2ccncc2)nc2ccccc12)c1ccc(F)cc1. The first-order valence-corrected chi connectivity index (χ1v) is 9.85. The first-order valence-electron chi connectivity index (χ1n) is 9.85. The van der Waals surface area contributed by atoms with Crippen molar-refractivity contribution < 1.29 is 4.39 Å². The van der Waals surface area contributed by atoms with E-state index in [1.165, 1.54) is 12.1 Å². The topological polar surface area (TPSA) is 68.5 Å². The number of imidazole rings is 1. The van der Waals surface area contributed by atoms with Gasteiger partial charge in [-0.15, -0.1) is 0 Å². The fourth-order valence-electron chi connectivity index (χ4n) is 3.56. The van der Waals surface area contributed by atoms with E-state index in [0.717, 1.165) is 27.9 Å². The Balaban J connectivity index is 1.66. The molecule has 0 aliphatic carbocycles. The Hall–Kier alpha value is -4.13. The summed E-state index contributed by atoms with van der Waals surface area (Å²) >= 11 is 0. The monoisotopic (exact) mass is 410 g/mol. The Bertz CT molecular complexity index is 1330. The van der Waals surface area contributed by atoms with Gasteiger partial charge in [0, 0.05) is 42.8 Å². The summed E-state index contributed by atoms with van der Waals surface area (Å²) in [4.78, 5) is 18.2. The van der Waals surface area contributed by atoms with Crippen LogP contribution in [0.3, 0.4) is 0 Å². The van der Waals surface area contributed by atoms with Gasteiger partial charge in [-0.25, -0.2) is 19.3 Å². The average molecular weight is 410 g/mol. The largest absolute Gasteiger partial charge is 0.356 e. The van der Waals surface area contributed by atoms with Gasteiger partial charge in [-0.1, -0.05) is 24.3 Å². The molecule has 31 heavy (non-hydrogen) atoms. The molecule has 2 aromatic carbocycles. The highest BCUT2D eigenvalue weighted by Crippen LogP contribution is 2.30. The van der Waals surface area contributed by atoms with E-state index in [1.54, 1.807) is 30.7 Å². The molecule has 0 saturated carbocycles. The molecule has 0 saturated heterocycles. The number of halogens is 1. The van der Waals surface area contributed by atoms with Gasteiger partial charge in [0.2, 0.25) is 0 Å². The maximum absolute atomic E-state index is 13.6. The predicted molar refractivity (Wildman–Crippen MR) is 118 cm³/mol. The molecule has 0 aliphatic rings. The quantitative estimate of drug-likeness (QED) is 0.452. The molecule has 3 aromatic heterocycles. The molecule has 5 aromatic rings. The Morgan fingerprint density at radius 1 is 0.903 bits per heavy atom. The molecule has 6 nitrogen and oxygen atoms in total. The van der Waals surface area contributed by atoms with Crippen LogP contribution in [0.2, 0.25) is 0 Å². The standard InChI is InChI=1S/C24H19FN6/c1-31-15-14-27-24(31)21(16-6-8-18(25)9-7-16)29-23-19-4-2-3-5-20(19)28-22(30-23)17-10-12-26-13-11-17/h2-15,21H,1H3,(H,28,29,30). The van der Waals surface area contributed by atoms with Crippen LogP contribution in [0, 0.1) is 5.82 Å². The van der Waals surface area contributed by atoms with Gasteiger partial charge in [0.15, 0.2) is 5.82 Å². The molecule has 1 unspecified atom stereocenters. The highest BCUT2D eigenvalue weighted by atomic mass is 19.1. The zero-order valence-electron chi connectivity index (χ0n) is 16.8. The number of hydrogen-bond donors (Lipinski definition) is 1. The number of nitrogens with one attached hydrogen (secondary N) is 1. The number of nitrogens with zero attached hydrogens (tertiary/aromatic N) is 5. The number of hydrogen-bond acceptors (Lipinski definition) is 5. The number of anilines is 1. The Morgan fingerprint density at radius 3 is 2.42 bits per heavy atom. The second-order valence-corrected chi connectivity index (χ2v) is 7.17. The zero-order valence-corrected chi connectivity index (χ0v) is 16.8. The van der Waals surface area contributed by atoms with Crippen molar-refractivity contribution in [3.05, 3.63) is 103 Å². The van der Waals surface area contributed by atoms with Gasteiger partial charge in [-0.05, 0) is 42.0 Å². The Morgan fingerprint density at radius 2 is 1.68 bits per heavy atom. The molecule has 3 heterocycles. The highest BCUT2D eigenvalue weighted by molar-refractivity contribution is 5.90. The third kappa shape index (κ3) is 3.73. The normalized spacial score (nSPS) is 12.1. The first kappa shape index (κ1) is 18.9. The minimum absolute atomic E-state index is 0.283. The molecule has 7 heteroatoms. The molecular weight excluding hydrogens is 391 g/mol. The maximum Gasteiger partial charge on any atom is 0.162 e. The number of aromatic nitrogens is 5. The minimum atomic E-state index is -0.329. The Kier molecular flexibility index (Phi) is 4.84. The lowest BCUT2D eigenvalue weighted by Crippen LogP contribution is -2.18. The summed E-state index contributed by atoms with van der Waals surface area (Å²) in [6.07, 6.45) is 7.06. The lowest BCUT2D eigenvalue weighted by atomic mass is 10.1. The van der Waals surface area contributed by atoms with Crippen molar-refractivity contribution in [3.63, 3.8) is 0 Å². The van der Waals surface area contributed by atoms with Crippen LogP contribution in [0.1, 0.15) is 17.4 Å². The summed E-state index contributed by atoms with van der Waals surface area (Å²) in [6.45, 7) is 0. The van der Waals surface area contributed by atoms with Crippen molar-refractivity contribution in [3.8, 4) is 11.4 Å². The van der Waals surface area contributed by atoms with E-state index < -0.39 is 0 Å². The van der Waals surface area contributed by atoms with Crippen LogP contribution in [0.5, 0.6) is 0 Å². The van der Waals surface area contributed by atoms with Gasteiger partial charge >= 0.3 is 0 Å². The summed E-state index contributed by atoms with van der Waals surface area (Å²) in [7, 11) is 1.93. The molecule has 0 amide bonds. The van der Waals surface area contributed by atoms with Crippen LogP contribution in [-0.2, 0) is 7.05 Å².